The van der Waals surface area contributed by atoms with E-state index >= 15 is 0 Å². The summed E-state index contributed by atoms with van der Waals surface area (Å²) in [6, 6.07) is 4.82. The molecule has 2 aromatic heterocycles. The maximum atomic E-state index is 12.0. The van der Waals surface area contributed by atoms with Crippen molar-refractivity contribution in [3.63, 3.8) is 0 Å². The van der Waals surface area contributed by atoms with Crippen molar-refractivity contribution < 1.29 is 19.2 Å². The number of benzene rings is 1. The third-order valence-corrected chi connectivity index (χ3v) is 5.24. The lowest BCUT2D eigenvalue weighted by Crippen LogP contribution is -2.00. The van der Waals surface area contributed by atoms with Crippen molar-refractivity contribution in [2.45, 2.75) is 27.2 Å². The molecule has 27 heavy (non-hydrogen) atoms. The van der Waals surface area contributed by atoms with Gasteiger partial charge >= 0.3 is 11.7 Å². The summed E-state index contributed by atoms with van der Waals surface area (Å²) in [5.74, 6) is 0.218. The first-order valence-corrected chi connectivity index (χ1v) is 8.98. The van der Waals surface area contributed by atoms with E-state index in [1.54, 1.807) is 26.0 Å². The van der Waals surface area contributed by atoms with Crippen LogP contribution in [0, 0.1) is 24.0 Å². The minimum absolute atomic E-state index is 0.0850. The molecule has 140 valence electrons. The number of hydrogen-bond acceptors (Lipinski definition) is 8. The van der Waals surface area contributed by atoms with E-state index in [1.165, 1.54) is 24.5 Å². The Morgan fingerprint density at radius 2 is 2.04 bits per heavy atom. The number of rotatable bonds is 5. The molecule has 0 aliphatic rings. The van der Waals surface area contributed by atoms with Crippen LogP contribution < -0.4 is 4.74 Å². The summed E-state index contributed by atoms with van der Waals surface area (Å²) in [4.78, 5) is 32.5. The molecule has 0 saturated carbocycles. The van der Waals surface area contributed by atoms with Gasteiger partial charge in [-0.15, -0.1) is 11.3 Å². The Balaban J connectivity index is 2.17. The number of hydrogen-bond donors (Lipinski definition) is 0. The first-order valence-electron chi connectivity index (χ1n) is 8.16. The van der Waals surface area contributed by atoms with Crippen LogP contribution in [0.25, 0.3) is 10.2 Å². The number of nitro benzene ring substituents is 1. The summed E-state index contributed by atoms with van der Waals surface area (Å²) in [6.07, 6.45) is 0.671. The van der Waals surface area contributed by atoms with E-state index in [-0.39, 0.29) is 17.3 Å². The smallest absolute Gasteiger partial charge is 0.348 e. The van der Waals surface area contributed by atoms with E-state index in [1.807, 2.05) is 6.92 Å². The third-order valence-electron chi connectivity index (χ3n) is 4.07. The number of nitrogens with zero attached hydrogens (tertiary/aromatic N) is 3. The fourth-order valence-corrected chi connectivity index (χ4v) is 3.82. The number of methoxy groups -OCH3 is 1. The van der Waals surface area contributed by atoms with Crippen molar-refractivity contribution in [1.29, 1.82) is 0 Å². The van der Waals surface area contributed by atoms with Gasteiger partial charge in [-0.05, 0) is 37.5 Å². The van der Waals surface area contributed by atoms with Crippen molar-refractivity contribution in [3.05, 3.63) is 50.1 Å². The van der Waals surface area contributed by atoms with Crippen LogP contribution in [0.3, 0.4) is 0 Å². The van der Waals surface area contributed by atoms with Gasteiger partial charge in [0, 0.05) is 6.07 Å². The highest BCUT2D eigenvalue weighted by atomic mass is 32.1. The molecule has 0 spiro atoms. The number of esters is 1. The number of ether oxygens (including phenoxy) is 2. The van der Waals surface area contributed by atoms with Gasteiger partial charge in [0.1, 0.15) is 15.5 Å². The fraction of sp³-hybridized carbons (Fsp3) is 0.278. The van der Waals surface area contributed by atoms with Crippen LogP contribution in [0.4, 0.5) is 5.69 Å². The lowest BCUT2D eigenvalue weighted by atomic mass is 10.1. The molecule has 3 aromatic rings. The van der Waals surface area contributed by atoms with E-state index in [0.29, 0.717) is 32.9 Å². The standard InChI is InChI=1S/C18H17N3O5S/c1-5-11-6-7-13(12(8-11)21(23)24)26-16-14-9(2)15(18(22)25-4)27-17(14)20-10(3)19-16/h6-8H,5H2,1-4H3. The van der Waals surface area contributed by atoms with Crippen molar-refractivity contribution >= 4 is 33.2 Å². The Bertz CT molecular complexity index is 1060. The van der Waals surface area contributed by atoms with Gasteiger partial charge in [-0.2, -0.15) is 4.98 Å². The van der Waals surface area contributed by atoms with E-state index < -0.39 is 10.9 Å². The number of nitro groups is 1. The maximum absolute atomic E-state index is 12.0. The normalized spacial score (nSPS) is 10.8. The molecule has 8 nitrogen and oxygen atoms in total. The second-order valence-corrected chi connectivity index (χ2v) is 6.82. The Labute approximate surface area is 158 Å². The molecule has 0 N–H and O–H groups in total. The first kappa shape index (κ1) is 18.7. The molecular formula is C18H17N3O5S. The van der Waals surface area contributed by atoms with Crippen LogP contribution in [0.5, 0.6) is 11.6 Å². The molecule has 2 heterocycles. The van der Waals surface area contributed by atoms with E-state index in [0.717, 1.165) is 5.56 Å². The summed E-state index contributed by atoms with van der Waals surface area (Å²) in [5.41, 5.74) is 1.31. The zero-order chi connectivity index (χ0) is 19.7. The molecule has 0 radical (unpaired) electrons. The number of carbonyl (C=O) groups excluding carboxylic acids is 1. The van der Waals surface area contributed by atoms with Crippen LogP contribution in [0.2, 0.25) is 0 Å². The summed E-state index contributed by atoms with van der Waals surface area (Å²) in [6.45, 7) is 5.35. The maximum Gasteiger partial charge on any atom is 0.348 e. The Kier molecular flexibility index (Phi) is 5.04. The van der Waals surface area contributed by atoms with Crippen molar-refractivity contribution in [2.75, 3.05) is 7.11 Å². The minimum Gasteiger partial charge on any atom is -0.465 e. The van der Waals surface area contributed by atoms with Crippen molar-refractivity contribution in [2.24, 2.45) is 0 Å². The lowest BCUT2D eigenvalue weighted by molar-refractivity contribution is -0.385. The minimum atomic E-state index is -0.486. The molecule has 9 heteroatoms. The topological polar surface area (TPSA) is 104 Å². The SMILES string of the molecule is CCc1ccc(Oc2nc(C)nc3sc(C(=O)OC)c(C)c23)c([N+](=O)[O-])c1. The van der Waals surface area contributed by atoms with Gasteiger partial charge in [-0.3, -0.25) is 10.1 Å². The molecule has 0 saturated heterocycles. The molecule has 0 unspecified atom stereocenters. The molecule has 0 aliphatic carbocycles. The number of fused-ring (bicyclic) bond motifs is 1. The van der Waals surface area contributed by atoms with Gasteiger partial charge in [0.25, 0.3) is 0 Å². The third kappa shape index (κ3) is 3.45. The number of thiophene rings is 1. The molecule has 1 aromatic carbocycles. The Morgan fingerprint density at radius 1 is 1.30 bits per heavy atom. The Morgan fingerprint density at radius 3 is 2.67 bits per heavy atom. The first-order chi connectivity index (χ1) is 12.8. The molecular weight excluding hydrogens is 370 g/mol. The summed E-state index contributed by atoms with van der Waals surface area (Å²) >= 11 is 1.17. The van der Waals surface area contributed by atoms with Gasteiger partial charge < -0.3 is 9.47 Å². The van der Waals surface area contributed by atoms with Crippen molar-refractivity contribution in [3.8, 4) is 11.6 Å². The fourth-order valence-electron chi connectivity index (χ4n) is 2.68. The quantitative estimate of drug-likeness (QED) is 0.364. The van der Waals surface area contributed by atoms with Crippen LogP contribution >= 0.6 is 11.3 Å². The second-order valence-electron chi connectivity index (χ2n) is 5.82. The molecule has 3 rings (SSSR count). The van der Waals surface area contributed by atoms with E-state index in [4.69, 9.17) is 9.47 Å². The average molecular weight is 387 g/mol. The van der Waals surface area contributed by atoms with Gasteiger partial charge in [-0.1, -0.05) is 13.0 Å². The highest BCUT2D eigenvalue weighted by molar-refractivity contribution is 7.20. The number of aryl methyl sites for hydroxylation is 3. The van der Waals surface area contributed by atoms with E-state index in [2.05, 4.69) is 9.97 Å². The Hall–Kier alpha value is -3.07. The van der Waals surface area contributed by atoms with Gasteiger partial charge in [0.05, 0.1) is 17.4 Å². The van der Waals surface area contributed by atoms with Crippen LogP contribution in [0.1, 0.15) is 33.5 Å². The van der Waals surface area contributed by atoms with Crippen LogP contribution in [-0.4, -0.2) is 28.0 Å². The van der Waals surface area contributed by atoms with Gasteiger partial charge in [-0.25, -0.2) is 9.78 Å². The average Bonchev–Trinajstić information content (AvgIpc) is 2.97. The van der Waals surface area contributed by atoms with Crippen LogP contribution in [-0.2, 0) is 11.2 Å². The second kappa shape index (κ2) is 7.28. The molecule has 0 aliphatic heterocycles. The molecule has 0 bridgehead atoms. The predicted molar refractivity (Wildman–Crippen MR) is 101 cm³/mol. The number of aromatic nitrogens is 2. The van der Waals surface area contributed by atoms with Gasteiger partial charge in [0.15, 0.2) is 0 Å². The largest absolute Gasteiger partial charge is 0.465 e. The molecule has 0 atom stereocenters. The summed E-state index contributed by atoms with van der Waals surface area (Å²) in [7, 11) is 1.30. The molecule has 0 amide bonds. The zero-order valence-corrected chi connectivity index (χ0v) is 16.0. The van der Waals surface area contributed by atoms with Gasteiger partial charge in [0.2, 0.25) is 11.6 Å². The van der Waals surface area contributed by atoms with Crippen LogP contribution in [0.15, 0.2) is 18.2 Å². The van der Waals surface area contributed by atoms with E-state index in [9.17, 15) is 14.9 Å². The highest BCUT2D eigenvalue weighted by Crippen LogP contribution is 2.39. The monoisotopic (exact) mass is 387 g/mol. The summed E-state index contributed by atoms with van der Waals surface area (Å²) < 4.78 is 10.6. The lowest BCUT2D eigenvalue weighted by Gasteiger charge is -2.09. The predicted octanol–water partition coefficient (Wildman–Crippen LogP) is 4.36. The molecule has 0 fully saturated rings. The summed E-state index contributed by atoms with van der Waals surface area (Å²) in [5, 5.41) is 12.0. The zero-order valence-electron chi connectivity index (χ0n) is 15.2. The highest BCUT2D eigenvalue weighted by Gasteiger charge is 2.24. The number of carbonyl (C=O) groups is 1. The van der Waals surface area contributed by atoms with Crippen molar-refractivity contribution in [1.82, 2.24) is 9.97 Å².